The minimum Gasteiger partial charge on any atom is -0.334 e. The smallest absolute Gasteiger partial charge is 0.0560 e. The third-order valence-electron chi connectivity index (χ3n) is 13.2. The van der Waals surface area contributed by atoms with Gasteiger partial charge in [-0.3, -0.25) is 0 Å². The highest BCUT2D eigenvalue weighted by Crippen LogP contribution is 2.52. The Morgan fingerprint density at radius 1 is 0.429 bits per heavy atom. The summed E-state index contributed by atoms with van der Waals surface area (Å²) in [4.78, 5) is 4.96. The number of para-hydroxylation sites is 1. The van der Waals surface area contributed by atoms with Crippen LogP contribution in [0.15, 0.2) is 237 Å². The summed E-state index contributed by atoms with van der Waals surface area (Å²) in [5.74, 6) is 0. The number of allylic oxidation sites excluding steroid dienone is 2. The van der Waals surface area contributed by atoms with E-state index in [1.807, 2.05) is 0 Å². The van der Waals surface area contributed by atoms with Crippen molar-refractivity contribution < 1.29 is 0 Å². The average molecular weight is 809 g/mol. The number of nitrogens with zero attached hydrogens (tertiary/aromatic N) is 2. The lowest BCUT2D eigenvalue weighted by Crippen LogP contribution is -2.30. The SMILES string of the molecule is CC1(C)c2cc(N(c3ccccc3)c3cccc4ccccc34)ccc2-c2ccc(N(c3ccc(-c4ccccc4)cc3)C3C=CC(c4ccc(-c5ccccc5)cc4)=CC3)cc21. The average Bonchev–Trinajstić information content (AvgIpc) is 3.57. The minimum atomic E-state index is -0.234. The molecule has 0 spiro atoms. The van der Waals surface area contributed by atoms with Gasteiger partial charge in [0.2, 0.25) is 0 Å². The molecule has 2 aliphatic rings. The molecule has 9 aromatic rings. The van der Waals surface area contributed by atoms with Gasteiger partial charge >= 0.3 is 0 Å². The Balaban J connectivity index is 0.955. The van der Waals surface area contributed by atoms with Crippen molar-refractivity contribution in [1.82, 2.24) is 0 Å². The molecule has 0 heterocycles. The Kier molecular flexibility index (Phi) is 9.70. The first-order valence-corrected chi connectivity index (χ1v) is 22.1. The lowest BCUT2D eigenvalue weighted by molar-refractivity contribution is 0.659. The molecule has 0 saturated heterocycles. The predicted octanol–water partition coefficient (Wildman–Crippen LogP) is 16.5. The van der Waals surface area contributed by atoms with Gasteiger partial charge in [-0.15, -0.1) is 0 Å². The Morgan fingerprint density at radius 2 is 0.937 bits per heavy atom. The summed E-state index contributed by atoms with van der Waals surface area (Å²) in [7, 11) is 0. The second kappa shape index (κ2) is 16.0. The highest BCUT2D eigenvalue weighted by molar-refractivity contribution is 5.99. The molecule has 0 aliphatic heterocycles. The van der Waals surface area contributed by atoms with Gasteiger partial charge in [0, 0.05) is 33.6 Å². The van der Waals surface area contributed by atoms with Gasteiger partial charge in [-0.1, -0.05) is 196 Å². The molecule has 302 valence electrons. The Hall–Kier alpha value is -7.68. The van der Waals surface area contributed by atoms with Crippen LogP contribution < -0.4 is 9.80 Å². The van der Waals surface area contributed by atoms with Crippen LogP contribution in [-0.4, -0.2) is 6.04 Å². The zero-order chi connectivity index (χ0) is 42.3. The van der Waals surface area contributed by atoms with Crippen molar-refractivity contribution in [3.63, 3.8) is 0 Å². The van der Waals surface area contributed by atoms with Crippen molar-refractivity contribution in [2.24, 2.45) is 0 Å². The Labute approximate surface area is 371 Å². The van der Waals surface area contributed by atoms with Crippen molar-refractivity contribution in [3.8, 4) is 33.4 Å². The summed E-state index contributed by atoms with van der Waals surface area (Å²) in [6.07, 6.45) is 8.02. The van der Waals surface area contributed by atoms with Crippen LogP contribution in [0.25, 0.3) is 49.7 Å². The van der Waals surface area contributed by atoms with Gasteiger partial charge < -0.3 is 9.80 Å². The lowest BCUT2D eigenvalue weighted by atomic mass is 9.82. The van der Waals surface area contributed by atoms with E-state index in [9.17, 15) is 0 Å². The van der Waals surface area contributed by atoms with Crippen molar-refractivity contribution in [1.29, 1.82) is 0 Å². The highest BCUT2D eigenvalue weighted by Gasteiger charge is 2.37. The van der Waals surface area contributed by atoms with E-state index >= 15 is 0 Å². The Morgan fingerprint density at radius 3 is 1.57 bits per heavy atom. The summed E-state index contributed by atoms with van der Waals surface area (Å²) in [5.41, 5.74) is 18.3. The molecule has 2 aliphatic carbocycles. The monoisotopic (exact) mass is 808 g/mol. The van der Waals surface area contributed by atoms with E-state index in [2.05, 4.69) is 260 Å². The van der Waals surface area contributed by atoms with E-state index in [0.29, 0.717) is 0 Å². The van der Waals surface area contributed by atoms with Gasteiger partial charge in [-0.05, 0) is 122 Å². The van der Waals surface area contributed by atoms with E-state index < -0.39 is 0 Å². The number of anilines is 5. The second-order valence-electron chi connectivity index (χ2n) is 17.3. The predicted molar refractivity (Wildman–Crippen MR) is 268 cm³/mol. The van der Waals surface area contributed by atoms with Crippen LogP contribution in [-0.2, 0) is 5.41 Å². The Bertz CT molecular complexity index is 3140. The molecule has 0 saturated carbocycles. The van der Waals surface area contributed by atoms with E-state index in [0.717, 1.165) is 17.8 Å². The van der Waals surface area contributed by atoms with Crippen LogP contribution in [0.2, 0.25) is 0 Å². The summed E-state index contributed by atoms with van der Waals surface area (Å²) < 4.78 is 0. The van der Waals surface area contributed by atoms with Crippen molar-refractivity contribution in [3.05, 3.63) is 253 Å². The normalized spacial score (nSPS) is 14.8. The van der Waals surface area contributed by atoms with Crippen LogP contribution in [0.4, 0.5) is 28.4 Å². The molecule has 1 unspecified atom stereocenters. The molecule has 0 radical (unpaired) electrons. The quantitative estimate of drug-likeness (QED) is 0.143. The molecular formula is C61H48N2. The number of hydrogen-bond acceptors (Lipinski definition) is 2. The second-order valence-corrected chi connectivity index (χ2v) is 17.3. The van der Waals surface area contributed by atoms with Gasteiger partial charge in [0.1, 0.15) is 0 Å². The molecular weight excluding hydrogens is 761 g/mol. The maximum absolute atomic E-state index is 2.54. The summed E-state index contributed by atoms with van der Waals surface area (Å²) in [6.45, 7) is 4.79. The summed E-state index contributed by atoms with van der Waals surface area (Å²) in [5, 5.41) is 2.46. The van der Waals surface area contributed by atoms with E-state index in [-0.39, 0.29) is 11.5 Å². The van der Waals surface area contributed by atoms with Gasteiger partial charge in [0.25, 0.3) is 0 Å². The lowest BCUT2D eigenvalue weighted by Gasteiger charge is -2.34. The first-order valence-electron chi connectivity index (χ1n) is 22.1. The fourth-order valence-electron chi connectivity index (χ4n) is 9.89. The minimum absolute atomic E-state index is 0.136. The number of benzene rings is 9. The van der Waals surface area contributed by atoms with Crippen molar-refractivity contribution in [2.45, 2.75) is 31.7 Å². The molecule has 9 aromatic carbocycles. The molecule has 0 bridgehead atoms. The molecule has 2 heteroatoms. The third-order valence-corrected chi connectivity index (χ3v) is 13.2. The van der Waals surface area contributed by atoms with Crippen LogP contribution >= 0.6 is 0 Å². The number of fused-ring (bicyclic) bond motifs is 4. The van der Waals surface area contributed by atoms with Crippen LogP contribution in [0.5, 0.6) is 0 Å². The standard InChI is InChI=1S/C61H48N2/c1-61(2)58-41-53(37-39-56(58)57-40-38-54(42-59(57)61)63(50-21-10-5-11-22-50)60-24-14-20-49-19-12-13-23-55(49)60)62(51-33-29-47(30-34-51)44-17-8-4-9-18-44)52-35-31-48(32-36-52)46-27-25-45(26-28-46)43-15-6-3-7-16-43/h3-35,37-42,52H,36H2,1-2H3. The summed E-state index contributed by atoms with van der Waals surface area (Å²) in [6, 6.07) is 79.9. The van der Waals surface area contributed by atoms with Crippen LogP contribution in [0.3, 0.4) is 0 Å². The molecule has 11 rings (SSSR count). The fourth-order valence-corrected chi connectivity index (χ4v) is 9.89. The van der Waals surface area contributed by atoms with E-state index in [1.165, 1.54) is 83.5 Å². The maximum Gasteiger partial charge on any atom is 0.0560 e. The van der Waals surface area contributed by atoms with Gasteiger partial charge in [-0.25, -0.2) is 0 Å². The van der Waals surface area contributed by atoms with Crippen molar-refractivity contribution in [2.75, 3.05) is 9.80 Å². The topological polar surface area (TPSA) is 6.48 Å². The first kappa shape index (κ1) is 38.3. The van der Waals surface area contributed by atoms with Gasteiger partial charge in [0.05, 0.1) is 11.7 Å². The third kappa shape index (κ3) is 7.04. The zero-order valence-electron chi connectivity index (χ0n) is 35.7. The largest absolute Gasteiger partial charge is 0.334 e. The van der Waals surface area contributed by atoms with Crippen LogP contribution in [0.1, 0.15) is 37.0 Å². The molecule has 0 amide bonds. The van der Waals surface area contributed by atoms with Crippen LogP contribution in [0, 0.1) is 0 Å². The van der Waals surface area contributed by atoms with Crippen molar-refractivity contribution >= 4 is 44.8 Å². The van der Waals surface area contributed by atoms with E-state index in [1.54, 1.807) is 0 Å². The highest BCUT2D eigenvalue weighted by atomic mass is 15.2. The molecule has 63 heavy (non-hydrogen) atoms. The molecule has 0 aromatic heterocycles. The molecule has 2 nitrogen and oxygen atoms in total. The maximum atomic E-state index is 2.54. The number of rotatable bonds is 9. The molecule has 1 atom stereocenters. The zero-order valence-corrected chi connectivity index (χ0v) is 35.7. The molecule has 0 fully saturated rings. The van der Waals surface area contributed by atoms with Gasteiger partial charge in [0.15, 0.2) is 0 Å². The first-order chi connectivity index (χ1) is 31.0. The fraction of sp³-hybridized carbons (Fsp3) is 0.0820. The van der Waals surface area contributed by atoms with E-state index in [4.69, 9.17) is 0 Å². The van der Waals surface area contributed by atoms with Gasteiger partial charge in [-0.2, -0.15) is 0 Å². The molecule has 0 N–H and O–H groups in total. The number of hydrogen-bond donors (Lipinski definition) is 0. The summed E-state index contributed by atoms with van der Waals surface area (Å²) >= 11 is 0.